The van der Waals surface area contributed by atoms with Crippen LogP contribution in [0, 0.1) is 5.92 Å². The minimum atomic E-state index is -1.97. The van der Waals surface area contributed by atoms with Crippen molar-refractivity contribution >= 4 is 11.9 Å². The van der Waals surface area contributed by atoms with E-state index in [2.05, 4.69) is 0 Å². The third kappa shape index (κ3) is 3.41. The Morgan fingerprint density at radius 3 is 2.29 bits per heavy atom. The maximum absolute atomic E-state index is 11.6. The molecule has 0 aromatic carbocycles. The number of aliphatic carboxylic acids is 1. The highest BCUT2D eigenvalue weighted by molar-refractivity contribution is 6.03. The molecular weight excluding hydrogens is 224 g/mol. The van der Waals surface area contributed by atoms with Crippen LogP contribution in [0.2, 0.25) is 0 Å². The Morgan fingerprint density at radius 2 is 1.88 bits per heavy atom. The largest absolute Gasteiger partial charge is 0.479 e. The summed E-state index contributed by atoms with van der Waals surface area (Å²) in [5, 5.41) is 8.78. The third-order valence-corrected chi connectivity index (χ3v) is 3.27. The molecule has 0 bridgehead atoms. The number of hydrogen-bond acceptors (Lipinski definition) is 5. The van der Waals surface area contributed by atoms with Crippen LogP contribution in [-0.4, -0.2) is 35.2 Å². The molecule has 1 atom stereocenters. The lowest BCUT2D eigenvalue weighted by Crippen LogP contribution is -2.54. The summed E-state index contributed by atoms with van der Waals surface area (Å²) in [5.74, 6) is -1.77. The fourth-order valence-corrected chi connectivity index (χ4v) is 1.85. The molecule has 6 heteroatoms. The second kappa shape index (κ2) is 5.46. The molecule has 1 fully saturated rings. The Balaban J connectivity index is 2.46. The normalized spacial score (nSPS) is 28.2. The van der Waals surface area contributed by atoms with E-state index in [0.717, 1.165) is 32.6 Å². The van der Waals surface area contributed by atoms with E-state index >= 15 is 0 Å². The number of carbonyl (C=O) groups is 2. The zero-order valence-corrected chi connectivity index (χ0v) is 10.0. The van der Waals surface area contributed by atoms with E-state index in [1.165, 1.54) is 0 Å². The van der Waals surface area contributed by atoms with Gasteiger partial charge >= 0.3 is 11.9 Å². The SMILES string of the molecule is C[C@@](N)(C(=O)O)C(=O)OC1CCC(CN)CC1. The quantitative estimate of drug-likeness (QED) is 0.468. The van der Waals surface area contributed by atoms with Gasteiger partial charge in [-0.05, 0) is 45.1 Å². The Hall–Kier alpha value is -1.14. The van der Waals surface area contributed by atoms with Crippen LogP contribution in [0.25, 0.3) is 0 Å². The number of nitrogens with two attached hydrogens (primary N) is 2. The molecule has 0 aromatic heterocycles. The van der Waals surface area contributed by atoms with E-state index in [-0.39, 0.29) is 6.10 Å². The lowest BCUT2D eigenvalue weighted by molar-refractivity contribution is -0.165. The average molecular weight is 244 g/mol. The van der Waals surface area contributed by atoms with E-state index < -0.39 is 17.5 Å². The summed E-state index contributed by atoms with van der Waals surface area (Å²) in [6, 6.07) is 0. The fourth-order valence-electron chi connectivity index (χ4n) is 1.85. The predicted octanol–water partition coefficient (Wildman–Crippen LogP) is -0.151. The van der Waals surface area contributed by atoms with Crippen molar-refractivity contribution in [3.05, 3.63) is 0 Å². The Labute approximate surface area is 100 Å². The van der Waals surface area contributed by atoms with E-state index in [9.17, 15) is 9.59 Å². The molecule has 0 aromatic rings. The van der Waals surface area contributed by atoms with Crippen LogP contribution >= 0.6 is 0 Å². The summed E-state index contributed by atoms with van der Waals surface area (Å²) in [7, 11) is 0. The Bertz CT molecular complexity index is 296. The molecule has 0 radical (unpaired) electrons. The third-order valence-electron chi connectivity index (χ3n) is 3.27. The van der Waals surface area contributed by atoms with E-state index in [4.69, 9.17) is 21.3 Å². The first-order valence-corrected chi connectivity index (χ1v) is 5.81. The number of ether oxygens (including phenoxy) is 1. The minimum absolute atomic E-state index is 0.229. The topological polar surface area (TPSA) is 116 Å². The molecule has 6 nitrogen and oxygen atoms in total. The standard InChI is InChI=1S/C11H20N2O4/c1-11(13,9(14)15)10(16)17-8-4-2-7(6-12)3-5-8/h7-8H,2-6,12-13H2,1H3,(H,14,15)/t7?,8?,11-/m1/s1. The molecule has 0 amide bonds. The molecular formula is C11H20N2O4. The number of carboxylic acids is 1. The van der Waals surface area contributed by atoms with Crippen molar-refractivity contribution in [2.75, 3.05) is 6.54 Å². The molecule has 1 aliphatic carbocycles. The van der Waals surface area contributed by atoms with Gasteiger partial charge in [0.1, 0.15) is 6.10 Å². The van der Waals surface area contributed by atoms with Crippen molar-refractivity contribution in [1.29, 1.82) is 0 Å². The summed E-state index contributed by atoms with van der Waals surface area (Å²) in [6.07, 6.45) is 3.03. The molecule has 1 saturated carbocycles. The van der Waals surface area contributed by atoms with Crippen LogP contribution in [0.3, 0.4) is 0 Å². The first kappa shape index (κ1) is 13.9. The summed E-state index contributed by atoms with van der Waals surface area (Å²) < 4.78 is 5.12. The van der Waals surface area contributed by atoms with Crippen molar-refractivity contribution in [3.63, 3.8) is 0 Å². The van der Waals surface area contributed by atoms with Crippen LogP contribution in [0.4, 0.5) is 0 Å². The number of hydrogen-bond donors (Lipinski definition) is 3. The summed E-state index contributed by atoms with van der Waals surface area (Å²) in [6.45, 7) is 1.79. The highest BCUT2D eigenvalue weighted by Crippen LogP contribution is 2.26. The van der Waals surface area contributed by atoms with Gasteiger partial charge in [-0.25, -0.2) is 9.59 Å². The molecule has 1 rings (SSSR count). The number of rotatable bonds is 4. The lowest BCUT2D eigenvalue weighted by atomic mass is 9.87. The van der Waals surface area contributed by atoms with Crippen molar-refractivity contribution in [2.24, 2.45) is 17.4 Å². The minimum Gasteiger partial charge on any atom is -0.479 e. The molecule has 0 aliphatic heterocycles. The Morgan fingerprint density at radius 1 is 1.35 bits per heavy atom. The number of esters is 1. The lowest BCUT2D eigenvalue weighted by Gasteiger charge is -2.29. The van der Waals surface area contributed by atoms with Crippen LogP contribution in [-0.2, 0) is 14.3 Å². The Kier molecular flexibility index (Phi) is 4.47. The smallest absolute Gasteiger partial charge is 0.337 e. The summed E-state index contributed by atoms with van der Waals surface area (Å²) >= 11 is 0. The van der Waals surface area contributed by atoms with Gasteiger partial charge in [-0.3, -0.25) is 0 Å². The van der Waals surface area contributed by atoms with Crippen molar-refractivity contribution < 1.29 is 19.4 Å². The highest BCUT2D eigenvalue weighted by Gasteiger charge is 2.40. The van der Waals surface area contributed by atoms with E-state index in [0.29, 0.717) is 12.5 Å². The van der Waals surface area contributed by atoms with Gasteiger partial charge in [-0.15, -0.1) is 0 Å². The molecule has 0 spiro atoms. The van der Waals surface area contributed by atoms with Crippen LogP contribution in [0.5, 0.6) is 0 Å². The van der Waals surface area contributed by atoms with Crippen LogP contribution < -0.4 is 11.5 Å². The molecule has 0 unspecified atom stereocenters. The predicted molar refractivity (Wildman–Crippen MR) is 61.1 cm³/mol. The zero-order valence-electron chi connectivity index (χ0n) is 10.0. The van der Waals surface area contributed by atoms with Gasteiger partial charge in [0.15, 0.2) is 0 Å². The highest BCUT2D eigenvalue weighted by atomic mass is 16.5. The molecule has 17 heavy (non-hydrogen) atoms. The van der Waals surface area contributed by atoms with Gasteiger partial charge < -0.3 is 21.3 Å². The van der Waals surface area contributed by atoms with Crippen molar-refractivity contribution in [3.8, 4) is 0 Å². The van der Waals surface area contributed by atoms with Crippen LogP contribution in [0.1, 0.15) is 32.6 Å². The fraction of sp³-hybridized carbons (Fsp3) is 0.818. The summed E-state index contributed by atoms with van der Waals surface area (Å²) in [4.78, 5) is 22.3. The van der Waals surface area contributed by atoms with Crippen LogP contribution in [0.15, 0.2) is 0 Å². The van der Waals surface area contributed by atoms with Gasteiger partial charge in [-0.2, -0.15) is 0 Å². The molecule has 98 valence electrons. The first-order valence-electron chi connectivity index (χ1n) is 5.81. The second-order valence-corrected chi connectivity index (χ2v) is 4.79. The average Bonchev–Trinajstić information content (AvgIpc) is 2.29. The summed E-state index contributed by atoms with van der Waals surface area (Å²) in [5.41, 5.74) is 8.97. The van der Waals surface area contributed by atoms with Gasteiger partial charge in [0.25, 0.3) is 0 Å². The van der Waals surface area contributed by atoms with E-state index in [1.54, 1.807) is 0 Å². The molecule has 0 saturated heterocycles. The van der Waals surface area contributed by atoms with Gasteiger partial charge in [0, 0.05) is 0 Å². The molecule has 0 heterocycles. The molecule has 1 aliphatic rings. The van der Waals surface area contributed by atoms with Crippen molar-refractivity contribution in [1.82, 2.24) is 0 Å². The van der Waals surface area contributed by atoms with Gasteiger partial charge in [0.05, 0.1) is 0 Å². The maximum atomic E-state index is 11.6. The second-order valence-electron chi connectivity index (χ2n) is 4.79. The van der Waals surface area contributed by atoms with Gasteiger partial charge in [0.2, 0.25) is 5.54 Å². The zero-order chi connectivity index (χ0) is 13.1. The van der Waals surface area contributed by atoms with Gasteiger partial charge in [-0.1, -0.05) is 0 Å². The monoisotopic (exact) mass is 244 g/mol. The molecule has 5 N–H and O–H groups in total. The van der Waals surface area contributed by atoms with Crippen molar-refractivity contribution in [2.45, 2.75) is 44.2 Å². The van der Waals surface area contributed by atoms with E-state index in [1.807, 2.05) is 0 Å². The maximum Gasteiger partial charge on any atom is 0.337 e. The number of carbonyl (C=O) groups excluding carboxylic acids is 1. The first-order chi connectivity index (χ1) is 7.87. The number of carboxylic acid groups (broad SMARTS) is 1.